The molecule has 9 heteroatoms. The van der Waals surface area contributed by atoms with Crippen LogP contribution in [0.3, 0.4) is 0 Å². The highest BCUT2D eigenvalue weighted by molar-refractivity contribution is 7.98. The van der Waals surface area contributed by atoms with Gasteiger partial charge in [0.25, 0.3) is 11.1 Å². The van der Waals surface area contributed by atoms with Gasteiger partial charge in [-0.3, -0.25) is 23.3 Å². The molecule has 0 aliphatic heterocycles. The Hall–Kier alpha value is -2.13. The van der Waals surface area contributed by atoms with E-state index in [0.717, 1.165) is 53.3 Å². The third-order valence-electron chi connectivity index (χ3n) is 6.00. The Bertz CT molecular complexity index is 1300. The fourth-order valence-electron chi connectivity index (χ4n) is 4.10. The highest BCUT2D eigenvalue weighted by Crippen LogP contribution is 2.35. The third-order valence-corrected chi connectivity index (χ3v) is 8.20. The molecule has 166 valence electrons. The van der Waals surface area contributed by atoms with E-state index in [1.807, 2.05) is 4.57 Å². The van der Waals surface area contributed by atoms with Gasteiger partial charge in [0.2, 0.25) is 0 Å². The van der Waals surface area contributed by atoms with E-state index in [2.05, 4.69) is 6.92 Å². The van der Waals surface area contributed by atoms with Gasteiger partial charge in [0.1, 0.15) is 4.83 Å². The molecule has 4 rings (SSSR count). The van der Waals surface area contributed by atoms with Gasteiger partial charge in [-0.15, -0.1) is 11.3 Å². The van der Waals surface area contributed by atoms with Gasteiger partial charge in [0.05, 0.1) is 5.39 Å². The van der Waals surface area contributed by atoms with Gasteiger partial charge >= 0.3 is 5.69 Å². The summed E-state index contributed by atoms with van der Waals surface area (Å²) in [5.41, 5.74) is 1.21. The topological polar surface area (TPSA) is 78.9 Å². The highest BCUT2D eigenvalue weighted by atomic mass is 32.2. The highest BCUT2D eigenvalue weighted by Gasteiger charge is 2.22. The summed E-state index contributed by atoms with van der Waals surface area (Å²) < 4.78 is 4.38. The van der Waals surface area contributed by atoms with Crippen molar-refractivity contribution in [1.29, 1.82) is 0 Å². The Morgan fingerprint density at radius 1 is 1.10 bits per heavy atom. The van der Waals surface area contributed by atoms with Crippen molar-refractivity contribution in [3.8, 4) is 0 Å². The van der Waals surface area contributed by atoms with Crippen molar-refractivity contribution >= 4 is 33.3 Å². The Balaban J connectivity index is 1.75. The number of rotatable bonds is 7. The maximum atomic E-state index is 13.5. The smallest absolute Gasteiger partial charge is 0.300 e. The number of aryl methyl sites for hydroxylation is 2. The first-order valence-electron chi connectivity index (χ1n) is 10.9. The summed E-state index contributed by atoms with van der Waals surface area (Å²) in [6, 6.07) is 1.48. The van der Waals surface area contributed by atoms with E-state index in [4.69, 9.17) is 4.98 Å². The molecule has 7 nitrogen and oxygen atoms in total. The van der Waals surface area contributed by atoms with E-state index < -0.39 is 0 Å². The molecule has 0 atom stereocenters. The minimum Gasteiger partial charge on any atom is -0.300 e. The summed E-state index contributed by atoms with van der Waals surface area (Å²) in [7, 11) is 3.14. The lowest BCUT2D eigenvalue weighted by atomic mass is 9.97. The van der Waals surface area contributed by atoms with Gasteiger partial charge in [0.15, 0.2) is 5.16 Å². The summed E-state index contributed by atoms with van der Waals surface area (Å²) in [5.74, 6) is 0.401. The molecular weight excluding hydrogens is 432 g/mol. The van der Waals surface area contributed by atoms with Gasteiger partial charge in [0, 0.05) is 43.0 Å². The Morgan fingerprint density at radius 3 is 2.65 bits per heavy atom. The van der Waals surface area contributed by atoms with E-state index in [9.17, 15) is 14.4 Å². The third kappa shape index (κ3) is 4.17. The molecule has 0 saturated heterocycles. The molecule has 0 spiro atoms. The van der Waals surface area contributed by atoms with E-state index in [0.29, 0.717) is 23.1 Å². The molecule has 0 saturated carbocycles. The van der Waals surface area contributed by atoms with E-state index >= 15 is 0 Å². The molecule has 0 unspecified atom stereocenters. The van der Waals surface area contributed by atoms with Gasteiger partial charge in [-0.05, 0) is 37.7 Å². The zero-order valence-corrected chi connectivity index (χ0v) is 19.9. The first kappa shape index (κ1) is 22.1. The first-order chi connectivity index (χ1) is 14.9. The SMILES string of the molecule is CCCCCn1c(SCc2cc(=O)n(C)c(=O)n2C)nc2sc3c(c2c1=O)CCCC3. The van der Waals surface area contributed by atoms with Crippen molar-refractivity contribution in [1.82, 2.24) is 18.7 Å². The Kier molecular flexibility index (Phi) is 6.52. The molecule has 0 N–H and O–H groups in total. The summed E-state index contributed by atoms with van der Waals surface area (Å²) in [6.45, 7) is 2.78. The van der Waals surface area contributed by atoms with Gasteiger partial charge < -0.3 is 0 Å². The predicted molar refractivity (Wildman–Crippen MR) is 127 cm³/mol. The quantitative estimate of drug-likeness (QED) is 0.307. The van der Waals surface area contributed by atoms with Crippen molar-refractivity contribution in [3.05, 3.63) is 53.4 Å². The predicted octanol–water partition coefficient (Wildman–Crippen LogP) is 3.22. The molecule has 0 aromatic carbocycles. The van der Waals surface area contributed by atoms with E-state index in [-0.39, 0.29) is 16.8 Å². The molecule has 1 aliphatic carbocycles. The Labute approximate surface area is 188 Å². The minimum atomic E-state index is -0.349. The van der Waals surface area contributed by atoms with Crippen molar-refractivity contribution in [2.45, 2.75) is 69.3 Å². The van der Waals surface area contributed by atoms with Gasteiger partial charge in [-0.1, -0.05) is 31.5 Å². The minimum absolute atomic E-state index is 0.0564. The zero-order valence-electron chi connectivity index (χ0n) is 18.3. The second kappa shape index (κ2) is 9.16. The molecule has 31 heavy (non-hydrogen) atoms. The lowest BCUT2D eigenvalue weighted by Gasteiger charge is -2.14. The molecule has 0 amide bonds. The lowest BCUT2D eigenvalue weighted by Crippen LogP contribution is -2.37. The second-order valence-electron chi connectivity index (χ2n) is 8.11. The Morgan fingerprint density at radius 2 is 1.87 bits per heavy atom. The molecule has 0 bridgehead atoms. The number of aromatic nitrogens is 4. The number of thiophene rings is 1. The fourth-order valence-corrected chi connectivity index (χ4v) is 6.45. The van der Waals surface area contributed by atoms with Crippen molar-refractivity contribution < 1.29 is 0 Å². The number of thioether (sulfide) groups is 1. The van der Waals surface area contributed by atoms with Gasteiger partial charge in [-0.25, -0.2) is 9.78 Å². The van der Waals surface area contributed by atoms with E-state index in [1.165, 1.54) is 46.3 Å². The van der Waals surface area contributed by atoms with E-state index in [1.54, 1.807) is 18.4 Å². The largest absolute Gasteiger partial charge is 0.330 e. The van der Waals surface area contributed by atoms with Crippen LogP contribution < -0.4 is 16.8 Å². The molecule has 3 aromatic heterocycles. The van der Waals surface area contributed by atoms with Crippen LogP contribution in [0, 0.1) is 0 Å². The number of fused-ring (bicyclic) bond motifs is 3. The van der Waals surface area contributed by atoms with Crippen molar-refractivity contribution in [2.24, 2.45) is 14.1 Å². The fraction of sp³-hybridized carbons (Fsp3) is 0.545. The van der Waals surface area contributed by atoms with Crippen LogP contribution >= 0.6 is 23.1 Å². The molecule has 0 fully saturated rings. The monoisotopic (exact) mass is 460 g/mol. The molecular formula is C22H28N4O3S2. The van der Waals surface area contributed by atoms with Crippen LogP contribution in [-0.2, 0) is 39.2 Å². The summed E-state index contributed by atoms with van der Waals surface area (Å²) in [5, 5.41) is 1.47. The van der Waals surface area contributed by atoms with Crippen LogP contribution in [0.15, 0.2) is 25.6 Å². The van der Waals surface area contributed by atoms with Crippen LogP contribution in [0.25, 0.3) is 10.2 Å². The van der Waals surface area contributed by atoms with Gasteiger partial charge in [-0.2, -0.15) is 0 Å². The number of nitrogens with zero attached hydrogens (tertiary/aromatic N) is 4. The molecule has 3 heterocycles. The number of hydrogen-bond acceptors (Lipinski definition) is 6. The lowest BCUT2D eigenvalue weighted by molar-refractivity contribution is 0.541. The van der Waals surface area contributed by atoms with Crippen molar-refractivity contribution in [3.63, 3.8) is 0 Å². The van der Waals surface area contributed by atoms with Crippen LogP contribution in [-0.4, -0.2) is 18.7 Å². The average Bonchev–Trinajstić information content (AvgIpc) is 3.14. The van der Waals surface area contributed by atoms with Crippen LogP contribution in [0.5, 0.6) is 0 Å². The van der Waals surface area contributed by atoms with Crippen LogP contribution in [0.1, 0.15) is 55.2 Å². The summed E-state index contributed by atoms with van der Waals surface area (Å²) in [4.78, 5) is 44.9. The zero-order chi connectivity index (χ0) is 22.1. The molecule has 3 aromatic rings. The summed E-state index contributed by atoms with van der Waals surface area (Å²) in [6.07, 6.45) is 7.35. The number of unbranched alkanes of at least 4 members (excludes halogenated alkanes) is 2. The molecule has 0 radical (unpaired) electrons. The molecule has 1 aliphatic rings. The average molecular weight is 461 g/mol. The van der Waals surface area contributed by atoms with Crippen LogP contribution in [0.2, 0.25) is 0 Å². The standard InChI is InChI=1S/C22H28N4O3S2/c1-4-5-8-11-26-20(28)18-15-9-6-7-10-16(15)31-19(18)23-21(26)30-13-14-12-17(27)25(3)22(29)24(14)2/h12H,4-11,13H2,1-3H3. The second-order valence-corrected chi connectivity index (χ2v) is 10.1. The maximum absolute atomic E-state index is 13.5. The van der Waals surface area contributed by atoms with Crippen LogP contribution in [0.4, 0.5) is 0 Å². The number of hydrogen-bond donors (Lipinski definition) is 0. The van der Waals surface area contributed by atoms with Crippen molar-refractivity contribution in [2.75, 3.05) is 0 Å². The first-order valence-corrected chi connectivity index (χ1v) is 12.7. The normalized spacial score (nSPS) is 13.6. The summed E-state index contributed by atoms with van der Waals surface area (Å²) >= 11 is 3.07. The maximum Gasteiger partial charge on any atom is 0.330 e.